The van der Waals surface area contributed by atoms with Crippen LogP contribution in [0.15, 0.2) is 36.4 Å². The SMILES string of the molecule is CCN(CC)CCOc1ccc2cc(C(=O)OC)ccc2c1. The Labute approximate surface area is 131 Å². The number of ether oxygens (including phenoxy) is 2. The summed E-state index contributed by atoms with van der Waals surface area (Å²) in [4.78, 5) is 13.9. The minimum Gasteiger partial charge on any atom is -0.492 e. The molecule has 0 aliphatic heterocycles. The Bertz CT molecular complexity index is 635. The molecule has 0 saturated carbocycles. The Kier molecular flexibility index (Phi) is 5.78. The summed E-state index contributed by atoms with van der Waals surface area (Å²) >= 11 is 0. The molecule has 0 aliphatic carbocycles. The highest BCUT2D eigenvalue weighted by atomic mass is 16.5. The van der Waals surface area contributed by atoms with E-state index in [2.05, 4.69) is 18.7 Å². The number of rotatable bonds is 7. The molecule has 0 heterocycles. The summed E-state index contributed by atoms with van der Waals surface area (Å²) < 4.78 is 10.6. The largest absolute Gasteiger partial charge is 0.492 e. The maximum absolute atomic E-state index is 11.5. The second-order valence-corrected chi connectivity index (χ2v) is 5.09. The van der Waals surface area contributed by atoms with Gasteiger partial charge in [0.2, 0.25) is 0 Å². The molecule has 0 saturated heterocycles. The fraction of sp³-hybridized carbons (Fsp3) is 0.389. The lowest BCUT2D eigenvalue weighted by molar-refractivity contribution is 0.0601. The molecule has 2 aromatic carbocycles. The maximum atomic E-state index is 11.5. The second kappa shape index (κ2) is 7.80. The number of carbonyl (C=O) groups excluding carboxylic acids is 1. The van der Waals surface area contributed by atoms with E-state index in [1.165, 1.54) is 7.11 Å². The molecule has 0 fully saturated rings. The van der Waals surface area contributed by atoms with Crippen molar-refractivity contribution >= 4 is 16.7 Å². The van der Waals surface area contributed by atoms with Crippen molar-refractivity contribution in [1.29, 1.82) is 0 Å². The highest BCUT2D eigenvalue weighted by Gasteiger charge is 2.06. The standard InChI is InChI=1S/C18H23NO3/c1-4-19(5-2)10-11-22-17-9-8-14-12-16(18(20)21-3)7-6-15(14)13-17/h6-9,12-13H,4-5,10-11H2,1-3H3. The number of hydrogen-bond donors (Lipinski definition) is 0. The Balaban J connectivity index is 2.06. The number of carbonyl (C=O) groups is 1. The Morgan fingerprint density at radius 2 is 1.73 bits per heavy atom. The zero-order valence-corrected chi connectivity index (χ0v) is 13.5. The lowest BCUT2D eigenvalue weighted by atomic mass is 10.1. The summed E-state index contributed by atoms with van der Waals surface area (Å²) in [5, 5.41) is 2.05. The normalized spacial score (nSPS) is 10.9. The van der Waals surface area contributed by atoms with Crippen LogP contribution in [0.4, 0.5) is 0 Å². The fourth-order valence-corrected chi connectivity index (χ4v) is 2.39. The summed E-state index contributed by atoms with van der Waals surface area (Å²) in [5.74, 6) is 0.534. The number of fused-ring (bicyclic) bond motifs is 1. The molecule has 2 rings (SSSR count). The third-order valence-electron chi connectivity index (χ3n) is 3.80. The first kappa shape index (κ1) is 16.3. The average molecular weight is 301 g/mol. The van der Waals surface area contributed by atoms with Gasteiger partial charge >= 0.3 is 5.97 Å². The first-order chi connectivity index (χ1) is 10.7. The van der Waals surface area contributed by atoms with Gasteiger partial charge in [0, 0.05) is 6.54 Å². The van der Waals surface area contributed by atoms with E-state index in [4.69, 9.17) is 9.47 Å². The fourth-order valence-electron chi connectivity index (χ4n) is 2.39. The molecule has 22 heavy (non-hydrogen) atoms. The lowest BCUT2D eigenvalue weighted by Gasteiger charge is -2.18. The van der Waals surface area contributed by atoms with Gasteiger partial charge < -0.3 is 14.4 Å². The van der Waals surface area contributed by atoms with Gasteiger partial charge in [0.15, 0.2) is 0 Å². The monoisotopic (exact) mass is 301 g/mol. The van der Waals surface area contributed by atoms with Crippen LogP contribution >= 0.6 is 0 Å². The van der Waals surface area contributed by atoms with Crippen molar-refractivity contribution in [3.8, 4) is 5.75 Å². The van der Waals surface area contributed by atoms with Gasteiger partial charge in [0.25, 0.3) is 0 Å². The van der Waals surface area contributed by atoms with E-state index in [-0.39, 0.29) is 5.97 Å². The van der Waals surface area contributed by atoms with Gasteiger partial charge in [-0.3, -0.25) is 0 Å². The van der Waals surface area contributed by atoms with Gasteiger partial charge in [-0.15, -0.1) is 0 Å². The molecular weight excluding hydrogens is 278 g/mol. The van der Waals surface area contributed by atoms with Gasteiger partial charge in [-0.25, -0.2) is 4.79 Å². The Morgan fingerprint density at radius 3 is 2.41 bits per heavy atom. The smallest absolute Gasteiger partial charge is 0.337 e. The highest BCUT2D eigenvalue weighted by molar-refractivity contribution is 5.95. The quantitative estimate of drug-likeness (QED) is 0.735. The highest BCUT2D eigenvalue weighted by Crippen LogP contribution is 2.22. The van der Waals surface area contributed by atoms with E-state index in [1.54, 1.807) is 6.07 Å². The minimum atomic E-state index is -0.318. The first-order valence-corrected chi connectivity index (χ1v) is 7.65. The van der Waals surface area contributed by atoms with E-state index in [0.29, 0.717) is 12.2 Å². The Hall–Kier alpha value is -2.07. The van der Waals surface area contributed by atoms with Crippen LogP contribution in [0.2, 0.25) is 0 Å². The molecule has 0 aliphatic rings. The zero-order valence-electron chi connectivity index (χ0n) is 13.5. The second-order valence-electron chi connectivity index (χ2n) is 5.09. The van der Waals surface area contributed by atoms with E-state index >= 15 is 0 Å². The Morgan fingerprint density at radius 1 is 1.05 bits per heavy atom. The van der Waals surface area contributed by atoms with Crippen LogP contribution in [-0.2, 0) is 4.74 Å². The van der Waals surface area contributed by atoms with Crippen molar-refractivity contribution in [3.05, 3.63) is 42.0 Å². The van der Waals surface area contributed by atoms with Crippen molar-refractivity contribution < 1.29 is 14.3 Å². The molecule has 0 amide bonds. The topological polar surface area (TPSA) is 38.8 Å². The van der Waals surface area contributed by atoms with Gasteiger partial charge in [-0.1, -0.05) is 26.0 Å². The number of esters is 1. The number of likely N-dealkylation sites (N-methyl/N-ethyl adjacent to an activating group) is 1. The number of methoxy groups -OCH3 is 1. The van der Waals surface area contributed by atoms with Crippen LogP contribution in [0.1, 0.15) is 24.2 Å². The number of nitrogens with zero attached hydrogens (tertiary/aromatic N) is 1. The van der Waals surface area contributed by atoms with E-state index in [0.717, 1.165) is 36.2 Å². The number of benzene rings is 2. The van der Waals surface area contributed by atoms with Gasteiger partial charge in [-0.2, -0.15) is 0 Å². The predicted octanol–water partition coefficient (Wildman–Crippen LogP) is 3.35. The minimum absolute atomic E-state index is 0.318. The van der Waals surface area contributed by atoms with Gasteiger partial charge in [-0.05, 0) is 48.1 Å². The molecule has 0 spiro atoms. The molecule has 0 N–H and O–H groups in total. The van der Waals surface area contributed by atoms with Crippen LogP contribution in [0.3, 0.4) is 0 Å². The van der Waals surface area contributed by atoms with E-state index in [1.807, 2.05) is 30.3 Å². The molecule has 4 nitrogen and oxygen atoms in total. The van der Waals surface area contributed by atoms with Crippen molar-refractivity contribution in [2.75, 3.05) is 33.4 Å². The van der Waals surface area contributed by atoms with Crippen LogP contribution in [0.25, 0.3) is 10.8 Å². The molecular formula is C18H23NO3. The molecule has 4 heteroatoms. The summed E-state index contributed by atoms with van der Waals surface area (Å²) in [7, 11) is 1.39. The summed E-state index contributed by atoms with van der Waals surface area (Å²) in [6.45, 7) is 7.97. The van der Waals surface area contributed by atoms with E-state index in [9.17, 15) is 4.79 Å². The van der Waals surface area contributed by atoms with Crippen LogP contribution in [-0.4, -0.2) is 44.2 Å². The number of hydrogen-bond acceptors (Lipinski definition) is 4. The van der Waals surface area contributed by atoms with Gasteiger partial charge in [0.1, 0.15) is 12.4 Å². The van der Waals surface area contributed by atoms with E-state index < -0.39 is 0 Å². The average Bonchev–Trinajstić information content (AvgIpc) is 2.57. The molecule has 0 atom stereocenters. The van der Waals surface area contributed by atoms with Crippen molar-refractivity contribution in [3.63, 3.8) is 0 Å². The van der Waals surface area contributed by atoms with Crippen LogP contribution in [0.5, 0.6) is 5.75 Å². The van der Waals surface area contributed by atoms with Crippen LogP contribution < -0.4 is 4.74 Å². The van der Waals surface area contributed by atoms with Gasteiger partial charge in [0.05, 0.1) is 12.7 Å². The summed E-state index contributed by atoms with van der Waals surface area (Å²) in [6.07, 6.45) is 0. The molecule has 0 unspecified atom stereocenters. The van der Waals surface area contributed by atoms with Crippen LogP contribution in [0, 0.1) is 0 Å². The molecule has 118 valence electrons. The lowest BCUT2D eigenvalue weighted by Crippen LogP contribution is -2.27. The van der Waals surface area contributed by atoms with Crippen molar-refractivity contribution in [1.82, 2.24) is 4.90 Å². The molecule has 0 radical (unpaired) electrons. The van der Waals surface area contributed by atoms with Crippen molar-refractivity contribution in [2.24, 2.45) is 0 Å². The predicted molar refractivity (Wildman–Crippen MR) is 88.6 cm³/mol. The third-order valence-corrected chi connectivity index (χ3v) is 3.80. The summed E-state index contributed by atoms with van der Waals surface area (Å²) in [6, 6.07) is 11.4. The van der Waals surface area contributed by atoms with Crippen molar-refractivity contribution in [2.45, 2.75) is 13.8 Å². The third kappa shape index (κ3) is 3.98. The molecule has 0 aromatic heterocycles. The molecule has 0 bridgehead atoms. The molecule has 2 aromatic rings. The first-order valence-electron chi connectivity index (χ1n) is 7.65. The summed E-state index contributed by atoms with van der Waals surface area (Å²) in [5.41, 5.74) is 0.560. The zero-order chi connectivity index (χ0) is 15.9. The maximum Gasteiger partial charge on any atom is 0.337 e.